The van der Waals surface area contributed by atoms with Crippen molar-refractivity contribution in [3.8, 4) is 0 Å². The van der Waals surface area contributed by atoms with Gasteiger partial charge in [0.15, 0.2) is 0 Å². The van der Waals surface area contributed by atoms with Gasteiger partial charge in [-0.25, -0.2) is 0 Å². The molecule has 0 aliphatic rings. The SMILES string of the molecule is [CH2+]CCN(CCN)C(=O)C(=O)NCC(=O)NC(CCc1ccccc1)C(=O)Nc1cnc2ccccc2c1. The molecule has 0 saturated carbocycles. The number of aryl methyl sites for hydroxylation is 1. The van der Waals surface area contributed by atoms with Crippen LogP contribution in [0.3, 0.4) is 0 Å². The minimum absolute atomic E-state index is 0.199. The van der Waals surface area contributed by atoms with E-state index in [1.165, 1.54) is 4.90 Å². The largest absolute Gasteiger partial charge is 0.343 e. The van der Waals surface area contributed by atoms with Crippen LogP contribution in [0.5, 0.6) is 0 Å². The van der Waals surface area contributed by atoms with Crippen molar-refractivity contribution in [2.75, 3.05) is 31.5 Å². The molecule has 38 heavy (non-hydrogen) atoms. The van der Waals surface area contributed by atoms with Crippen molar-refractivity contribution in [1.82, 2.24) is 20.5 Å². The van der Waals surface area contributed by atoms with Gasteiger partial charge in [0.1, 0.15) is 12.5 Å². The van der Waals surface area contributed by atoms with E-state index in [1.54, 1.807) is 12.3 Å². The van der Waals surface area contributed by atoms with E-state index in [-0.39, 0.29) is 19.6 Å². The smallest absolute Gasteiger partial charge is 0.312 e. The molecule has 3 aromatic rings. The summed E-state index contributed by atoms with van der Waals surface area (Å²) < 4.78 is 0. The lowest BCUT2D eigenvalue weighted by molar-refractivity contribution is -0.146. The number of pyridine rings is 1. The van der Waals surface area contributed by atoms with E-state index in [1.807, 2.05) is 54.6 Å². The number of nitrogens with one attached hydrogen (secondary N) is 3. The highest BCUT2D eigenvalue weighted by molar-refractivity contribution is 6.35. The molecular weight excluding hydrogens is 484 g/mol. The lowest BCUT2D eigenvalue weighted by atomic mass is 10.0. The first-order valence-electron chi connectivity index (χ1n) is 12.5. The molecule has 0 saturated heterocycles. The number of para-hydroxylation sites is 1. The summed E-state index contributed by atoms with van der Waals surface area (Å²) in [4.78, 5) is 56.1. The minimum Gasteiger partial charge on any atom is -0.343 e. The molecule has 0 fully saturated rings. The first-order chi connectivity index (χ1) is 18.4. The van der Waals surface area contributed by atoms with E-state index in [2.05, 4.69) is 27.9 Å². The molecule has 0 aliphatic heterocycles. The van der Waals surface area contributed by atoms with Crippen molar-refractivity contribution >= 4 is 40.2 Å². The molecule has 10 heteroatoms. The van der Waals surface area contributed by atoms with Crippen LogP contribution in [-0.4, -0.2) is 65.7 Å². The molecular formula is C28H33N6O4+. The summed E-state index contributed by atoms with van der Waals surface area (Å²) in [5.74, 6) is -2.72. The molecule has 10 nitrogen and oxygen atoms in total. The number of rotatable bonds is 12. The van der Waals surface area contributed by atoms with Crippen LogP contribution in [0, 0.1) is 6.92 Å². The average Bonchev–Trinajstić information content (AvgIpc) is 2.93. The zero-order valence-electron chi connectivity index (χ0n) is 21.2. The molecule has 1 unspecified atom stereocenters. The Kier molecular flexibility index (Phi) is 10.6. The predicted octanol–water partition coefficient (Wildman–Crippen LogP) is 1.42. The maximum Gasteiger partial charge on any atom is 0.312 e. The Morgan fingerprint density at radius 1 is 1.00 bits per heavy atom. The van der Waals surface area contributed by atoms with Gasteiger partial charge in [-0.2, -0.15) is 0 Å². The Morgan fingerprint density at radius 2 is 1.74 bits per heavy atom. The van der Waals surface area contributed by atoms with Crippen LogP contribution in [0.4, 0.5) is 5.69 Å². The van der Waals surface area contributed by atoms with E-state index in [0.29, 0.717) is 24.9 Å². The van der Waals surface area contributed by atoms with Gasteiger partial charge >= 0.3 is 11.8 Å². The van der Waals surface area contributed by atoms with Crippen LogP contribution in [-0.2, 0) is 25.6 Å². The number of nitrogens with two attached hydrogens (primary N) is 1. The van der Waals surface area contributed by atoms with Gasteiger partial charge in [-0.1, -0.05) is 48.5 Å². The van der Waals surface area contributed by atoms with Gasteiger partial charge in [0.2, 0.25) is 11.8 Å². The van der Waals surface area contributed by atoms with Gasteiger partial charge in [-0.3, -0.25) is 24.2 Å². The van der Waals surface area contributed by atoms with E-state index >= 15 is 0 Å². The van der Waals surface area contributed by atoms with Crippen molar-refractivity contribution in [1.29, 1.82) is 0 Å². The maximum absolute atomic E-state index is 13.2. The highest BCUT2D eigenvalue weighted by Gasteiger charge is 2.24. The van der Waals surface area contributed by atoms with Gasteiger partial charge in [0.05, 0.1) is 37.4 Å². The summed E-state index contributed by atoms with van der Waals surface area (Å²) >= 11 is 0. The van der Waals surface area contributed by atoms with Crippen molar-refractivity contribution in [2.45, 2.75) is 25.3 Å². The molecule has 1 aromatic heterocycles. The van der Waals surface area contributed by atoms with Gasteiger partial charge in [0.25, 0.3) is 0 Å². The topological polar surface area (TPSA) is 147 Å². The monoisotopic (exact) mass is 517 g/mol. The number of benzene rings is 2. The number of carbonyl (C=O) groups is 4. The van der Waals surface area contributed by atoms with Crippen LogP contribution in [0.1, 0.15) is 18.4 Å². The second-order valence-corrected chi connectivity index (χ2v) is 8.67. The zero-order valence-corrected chi connectivity index (χ0v) is 21.2. The van der Waals surface area contributed by atoms with Crippen LogP contribution in [0.25, 0.3) is 10.9 Å². The number of nitrogens with zero attached hydrogens (tertiary/aromatic N) is 2. The van der Waals surface area contributed by atoms with Crippen LogP contribution in [0.2, 0.25) is 0 Å². The Labute approximate surface area is 222 Å². The fourth-order valence-electron chi connectivity index (χ4n) is 3.88. The Hall–Kier alpha value is -4.44. The van der Waals surface area contributed by atoms with Crippen LogP contribution < -0.4 is 21.7 Å². The minimum atomic E-state index is -0.922. The summed E-state index contributed by atoms with van der Waals surface area (Å²) in [5.41, 5.74) is 7.81. The lowest BCUT2D eigenvalue weighted by Crippen LogP contribution is -2.50. The summed E-state index contributed by atoms with van der Waals surface area (Å²) in [6.45, 7) is 3.91. The van der Waals surface area contributed by atoms with Crippen molar-refractivity contribution in [3.63, 3.8) is 0 Å². The summed E-state index contributed by atoms with van der Waals surface area (Å²) in [7, 11) is 0. The number of anilines is 1. The van der Waals surface area contributed by atoms with Gasteiger partial charge in [-0.15, -0.1) is 0 Å². The number of amides is 4. The molecule has 2 aromatic carbocycles. The second-order valence-electron chi connectivity index (χ2n) is 8.67. The normalized spacial score (nSPS) is 11.4. The van der Waals surface area contributed by atoms with Crippen molar-refractivity contribution < 1.29 is 19.2 Å². The van der Waals surface area contributed by atoms with Gasteiger partial charge in [0, 0.05) is 18.5 Å². The maximum atomic E-state index is 13.2. The molecule has 0 spiro atoms. The highest BCUT2D eigenvalue weighted by Crippen LogP contribution is 2.16. The Balaban J connectivity index is 1.64. The van der Waals surface area contributed by atoms with Gasteiger partial charge < -0.3 is 26.6 Å². The van der Waals surface area contributed by atoms with Crippen LogP contribution in [0.15, 0.2) is 66.9 Å². The number of aromatic nitrogens is 1. The number of fused-ring (bicyclic) bond motifs is 1. The zero-order chi connectivity index (χ0) is 27.3. The third-order valence-electron chi connectivity index (χ3n) is 5.79. The molecule has 0 radical (unpaired) electrons. The Morgan fingerprint density at radius 3 is 2.47 bits per heavy atom. The first-order valence-corrected chi connectivity index (χ1v) is 12.5. The molecule has 3 rings (SSSR count). The lowest BCUT2D eigenvalue weighted by Gasteiger charge is -2.20. The number of hydrogen-bond donors (Lipinski definition) is 4. The third-order valence-corrected chi connectivity index (χ3v) is 5.79. The summed E-state index contributed by atoms with van der Waals surface area (Å²) in [6, 6.07) is 18.0. The second kappa shape index (κ2) is 14.3. The molecule has 0 bridgehead atoms. The molecule has 1 atom stereocenters. The summed E-state index contributed by atoms with van der Waals surface area (Å²) in [6.07, 6.45) is 2.84. The molecule has 0 aliphatic carbocycles. The number of hydrogen-bond acceptors (Lipinski definition) is 6. The summed E-state index contributed by atoms with van der Waals surface area (Å²) in [5, 5.41) is 8.69. The molecule has 198 valence electrons. The predicted molar refractivity (Wildman–Crippen MR) is 146 cm³/mol. The quantitative estimate of drug-likeness (QED) is 0.211. The van der Waals surface area contributed by atoms with Crippen molar-refractivity contribution in [3.05, 3.63) is 79.3 Å². The average molecular weight is 518 g/mol. The molecule has 1 heterocycles. The standard InChI is InChI=1S/C28H32N6O4/c1-2-15-34(16-14-29)28(38)27(37)31-19-25(35)33-24(13-12-20-8-4-3-5-9-20)26(36)32-22-17-21-10-6-7-11-23(21)30-18-22/h3-11,17-18,24H,1-2,12-16,19,29H2,(H2-,31,32,33,35,36,37)/p+1. The van der Waals surface area contributed by atoms with Gasteiger partial charge in [-0.05, 0) is 30.5 Å². The Bertz CT molecular complexity index is 1240. The van der Waals surface area contributed by atoms with Crippen LogP contribution >= 0.6 is 0 Å². The highest BCUT2D eigenvalue weighted by atomic mass is 16.2. The van der Waals surface area contributed by atoms with E-state index < -0.39 is 36.2 Å². The van der Waals surface area contributed by atoms with Crippen molar-refractivity contribution in [2.24, 2.45) is 5.73 Å². The fraction of sp³-hybridized carbons (Fsp3) is 0.286. The molecule has 4 amide bonds. The van der Waals surface area contributed by atoms with E-state index in [4.69, 9.17) is 5.73 Å². The fourth-order valence-corrected chi connectivity index (χ4v) is 3.88. The number of carbonyl (C=O) groups excluding carboxylic acids is 4. The first kappa shape index (κ1) is 28.1. The van der Waals surface area contributed by atoms with E-state index in [0.717, 1.165) is 16.5 Å². The van der Waals surface area contributed by atoms with E-state index in [9.17, 15) is 19.2 Å². The third kappa shape index (κ3) is 8.31. The molecule has 5 N–H and O–H groups in total.